The van der Waals surface area contributed by atoms with Crippen molar-refractivity contribution in [1.82, 2.24) is 0 Å². The first-order valence-electron chi connectivity index (χ1n) is 8.42. The Morgan fingerprint density at radius 2 is 1.96 bits per heavy atom. The number of anilines is 2. The highest BCUT2D eigenvalue weighted by Gasteiger charge is 2.37. The molecule has 0 saturated carbocycles. The third-order valence-electron chi connectivity index (χ3n) is 4.58. The normalized spacial score (nSPS) is 18.1. The maximum Gasteiger partial charge on any atom is 0.511 e. The van der Waals surface area contributed by atoms with Crippen LogP contribution in [-0.2, 0) is 16.4 Å². The van der Waals surface area contributed by atoms with E-state index in [0.717, 1.165) is 23.1 Å². The zero-order valence-electron chi connectivity index (χ0n) is 15.3. The van der Waals surface area contributed by atoms with Gasteiger partial charge in [-0.15, -0.1) is 0 Å². The number of rotatable bonds is 4. The van der Waals surface area contributed by atoms with Crippen LogP contribution < -0.4 is 14.8 Å². The van der Waals surface area contributed by atoms with Crippen molar-refractivity contribution < 1.29 is 23.1 Å². The molecule has 1 heterocycles. The second kappa shape index (κ2) is 6.77. The van der Waals surface area contributed by atoms with E-state index in [-0.39, 0.29) is 17.2 Å². The predicted molar refractivity (Wildman–Crippen MR) is 104 cm³/mol. The molecular formula is C19H22N2O5S. The number of ether oxygens (including phenoxy) is 1. The molecule has 27 heavy (non-hydrogen) atoms. The molecule has 0 spiro atoms. The molecule has 1 aliphatic rings. The molecule has 0 aliphatic carbocycles. The molecule has 0 fully saturated rings. The van der Waals surface area contributed by atoms with E-state index in [1.165, 1.54) is 0 Å². The van der Waals surface area contributed by atoms with E-state index in [9.17, 15) is 13.2 Å². The minimum Gasteiger partial charge on any atom is -0.449 e. The molecule has 7 nitrogen and oxygen atoms in total. The fourth-order valence-corrected chi connectivity index (χ4v) is 4.09. The third kappa shape index (κ3) is 4.33. The average Bonchev–Trinajstić information content (AvgIpc) is 2.52. The van der Waals surface area contributed by atoms with Gasteiger partial charge >= 0.3 is 6.16 Å². The maximum absolute atomic E-state index is 11.7. The van der Waals surface area contributed by atoms with Gasteiger partial charge in [0.1, 0.15) is 5.75 Å². The van der Waals surface area contributed by atoms with Crippen LogP contribution >= 0.6 is 0 Å². The van der Waals surface area contributed by atoms with Crippen molar-refractivity contribution >= 4 is 27.6 Å². The zero-order valence-corrected chi connectivity index (χ0v) is 16.1. The molecular weight excluding hydrogens is 368 g/mol. The number of nitrogens with one attached hydrogen (secondary N) is 2. The van der Waals surface area contributed by atoms with Gasteiger partial charge in [0, 0.05) is 5.69 Å². The highest BCUT2D eigenvalue weighted by Crippen LogP contribution is 2.47. The van der Waals surface area contributed by atoms with E-state index in [4.69, 9.17) is 9.84 Å². The molecule has 0 aromatic heterocycles. The standard InChI is InChI=1S/C19H22N2O5S/c1-19(2)11-12-10-13(26-18(22)23)8-9-15(12)20-17(19)14-6-4-5-7-16(14)21-27(3,24)25/h4-10,17,20-21H,11H2,1-3H3,(H,22,23). The number of hydrogen-bond donors (Lipinski definition) is 3. The van der Waals surface area contributed by atoms with Crippen LogP contribution in [0.4, 0.5) is 16.2 Å². The Labute approximate surface area is 158 Å². The Morgan fingerprint density at radius 1 is 1.26 bits per heavy atom. The first-order valence-corrected chi connectivity index (χ1v) is 10.3. The van der Waals surface area contributed by atoms with E-state index in [0.29, 0.717) is 12.1 Å². The summed E-state index contributed by atoms with van der Waals surface area (Å²) >= 11 is 0. The Balaban J connectivity index is 1.99. The molecule has 144 valence electrons. The van der Waals surface area contributed by atoms with Gasteiger partial charge in [0.15, 0.2) is 0 Å². The van der Waals surface area contributed by atoms with Crippen LogP contribution in [0.5, 0.6) is 5.75 Å². The smallest absolute Gasteiger partial charge is 0.449 e. The van der Waals surface area contributed by atoms with Gasteiger partial charge in [0.25, 0.3) is 0 Å². The first-order chi connectivity index (χ1) is 12.5. The summed E-state index contributed by atoms with van der Waals surface area (Å²) in [7, 11) is -3.40. The monoisotopic (exact) mass is 390 g/mol. The Kier molecular flexibility index (Phi) is 4.77. The van der Waals surface area contributed by atoms with Crippen molar-refractivity contribution in [2.75, 3.05) is 16.3 Å². The molecule has 3 N–H and O–H groups in total. The van der Waals surface area contributed by atoms with Crippen LogP contribution in [0.2, 0.25) is 0 Å². The lowest BCUT2D eigenvalue weighted by Gasteiger charge is -2.42. The maximum atomic E-state index is 11.7. The van der Waals surface area contributed by atoms with Crippen LogP contribution in [-0.4, -0.2) is 25.9 Å². The molecule has 1 unspecified atom stereocenters. The van der Waals surface area contributed by atoms with E-state index < -0.39 is 16.2 Å². The molecule has 3 rings (SSSR count). The highest BCUT2D eigenvalue weighted by atomic mass is 32.2. The summed E-state index contributed by atoms with van der Waals surface area (Å²) in [6.07, 6.45) is 0.448. The summed E-state index contributed by atoms with van der Waals surface area (Å²) in [5, 5.41) is 12.3. The second-order valence-electron chi connectivity index (χ2n) is 7.39. The molecule has 1 atom stereocenters. The number of carbonyl (C=O) groups is 1. The summed E-state index contributed by atoms with van der Waals surface area (Å²) in [4.78, 5) is 10.8. The topological polar surface area (TPSA) is 105 Å². The van der Waals surface area contributed by atoms with Crippen LogP contribution in [0.25, 0.3) is 0 Å². The molecule has 2 aromatic rings. The van der Waals surface area contributed by atoms with Gasteiger partial charge in [-0.25, -0.2) is 13.2 Å². The lowest BCUT2D eigenvalue weighted by atomic mass is 9.72. The minimum atomic E-state index is -3.40. The number of carboxylic acid groups (broad SMARTS) is 1. The van der Waals surface area contributed by atoms with Gasteiger partial charge in [0.2, 0.25) is 10.0 Å². The van der Waals surface area contributed by atoms with Gasteiger partial charge in [-0.2, -0.15) is 0 Å². The Hall–Kier alpha value is -2.74. The van der Waals surface area contributed by atoms with E-state index >= 15 is 0 Å². The van der Waals surface area contributed by atoms with Crippen LogP contribution in [0.1, 0.15) is 31.0 Å². The van der Waals surface area contributed by atoms with Gasteiger partial charge in [-0.05, 0) is 47.2 Å². The quantitative estimate of drug-likeness (QED) is 0.541. The summed E-state index contributed by atoms with van der Waals surface area (Å²) in [5.41, 5.74) is 2.95. The van der Waals surface area contributed by atoms with Crippen LogP contribution in [0.15, 0.2) is 42.5 Å². The van der Waals surface area contributed by atoms with Crippen molar-refractivity contribution in [2.45, 2.75) is 26.3 Å². The van der Waals surface area contributed by atoms with Crippen LogP contribution in [0, 0.1) is 5.41 Å². The van der Waals surface area contributed by atoms with Gasteiger partial charge < -0.3 is 15.2 Å². The molecule has 0 saturated heterocycles. The summed E-state index contributed by atoms with van der Waals surface area (Å²) < 4.78 is 30.8. The number of fused-ring (bicyclic) bond motifs is 1. The fraction of sp³-hybridized carbons (Fsp3) is 0.316. The summed E-state index contributed by atoms with van der Waals surface area (Å²) in [6, 6.07) is 12.3. The molecule has 0 bridgehead atoms. The summed E-state index contributed by atoms with van der Waals surface area (Å²) in [5.74, 6) is 0.274. The van der Waals surface area contributed by atoms with Crippen molar-refractivity contribution in [1.29, 1.82) is 0 Å². The van der Waals surface area contributed by atoms with Crippen LogP contribution in [0.3, 0.4) is 0 Å². The number of para-hydroxylation sites is 1. The Bertz CT molecular complexity index is 985. The molecule has 2 aromatic carbocycles. The third-order valence-corrected chi connectivity index (χ3v) is 5.17. The van der Waals surface area contributed by atoms with E-state index in [2.05, 4.69) is 23.9 Å². The molecule has 0 amide bonds. The minimum absolute atomic E-state index is 0.137. The Morgan fingerprint density at radius 3 is 2.63 bits per heavy atom. The van der Waals surface area contributed by atoms with Crippen molar-refractivity contribution in [2.24, 2.45) is 5.41 Å². The van der Waals surface area contributed by atoms with Gasteiger partial charge in [0.05, 0.1) is 18.0 Å². The van der Waals surface area contributed by atoms with Crippen molar-refractivity contribution in [3.63, 3.8) is 0 Å². The molecule has 1 aliphatic heterocycles. The van der Waals surface area contributed by atoms with Crippen molar-refractivity contribution in [3.8, 4) is 5.75 Å². The molecule has 0 radical (unpaired) electrons. The number of sulfonamides is 1. The van der Waals surface area contributed by atoms with Gasteiger partial charge in [-0.1, -0.05) is 32.0 Å². The SMILES string of the molecule is CC1(C)Cc2cc(OC(=O)O)ccc2NC1c1ccccc1NS(C)(=O)=O. The van der Waals surface area contributed by atoms with E-state index in [1.54, 1.807) is 30.3 Å². The zero-order chi connectivity index (χ0) is 19.8. The lowest BCUT2D eigenvalue weighted by molar-refractivity contribution is 0.144. The molecule has 8 heteroatoms. The van der Waals surface area contributed by atoms with Crippen molar-refractivity contribution in [3.05, 3.63) is 53.6 Å². The average molecular weight is 390 g/mol. The predicted octanol–water partition coefficient (Wildman–Crippen LogP) is 3.85. The summed E-state index contributed by atoms with van der Waals surface area (Å²) in [6.45, 7) is 4.16. The number of benzene rings is 2. The second-order valence-corrected chi connectivity index (χ2v) is 9.14. The first kappa shape index (κ1) is 19.0. The van der Waals surface area contributed by atoms with Gasteiger partial charge in [-0.3, -0.25) is 4.72 Å². The largest absolute Gasteiger partial charge is 0.511 e. The fourth-order valence-electron chi connectivity index (χ4n) is 3.51. The highest BCUT2D eigenvalue weighted by molar-refractivity contribution is 7.92. The van der Waals surface area contributed by atoms with E-state index in [1.807, 2.05) is 12.1 Å². The number of hydrogen-bond acceptors (Lipinski definition) is 5. The lowest BCUT2D eigenvalue weighted by Crippen LogP contribution is -2.35.